The highest BCUT2D eigenvalue weighted by Crippen LogP contribution is 2.16. The molecule has 1 heterocycles. The molecule has 0 bridgehead atoms. The van der Waals surface area contributed by atoms with Gasteiger partial charge in [0.1, 0.15) is 5.82 Å². The molecule has 0 amide bonds. The molecule has 0 unspecified atom stereocenters. The summed E-state index contributed by atoms with van der Waals surface area (Å²) in [6.45, 7) is 7.24. The van der Waals surface area contributed by atoms with E-state index < -0.39 is 0 Å². The summed E-state index contributed by atoms with van der Waals surface area (Å²) in [6, 6.07) is 6.79. The Balaban J connectivity index is 2.29. The number of nitrogens with zero attached hydrogens (tertiary/aromatic N) is 1. The number of benzene rings is 1. The molecular formula is C13H19N3. The summed E-state index contributed by atoms with van der Waals surface area (Å²) in [7, 11) is 0. The predicted molar refractivity (Wildman–Crippen MR) is 67.4 cm³/mol. The maximum atomic E-state index is 4.64. The minimum absolute atomic E-state index is 0.485. The standard InChI is InChI=1S/C13H19N3/c1-4-10-6-5-7-11-13(10)16-12(15-11)8-14-9(2)3/h5-7,9,14H,4,8H2,1-3H3,(H,15,16). The van der Waals surface area contributed by atoms with E-state index in [1.54, 1.807) is 0 Å². The van der Waals surface area contributed by atoms with E-state index in [1.165, 1.54) is 5.56 Å². The van der Waals surface area contributed by atoms with E-state index in [0.29, 0.717) is 6.04 Å². The molecular weight excluding hydrogens is 198 g/mol. The van der Waals surface area contributed by atoms with Gasteiger partial charge in [-0.1, -0.05) is 32.9 Å². The van der Waals surface area contributed by atoms with Gasteiger partial charge in [-0.05, 0) is 18.1 Å². The molecule has 0 saturated carbocycles. The van der Waals surface area contributed by atoms with E-state index >= 15 is 0 Å². The molecule has 0 saturated heterocycles. The monoisotopic (exact) mass is 217 g/mol. The molecule has 1 aromatic heterocycles. The van der Waals surface area contributed by atoms with Crippen molar-refractivity contribution in [2.24, 2.45) is 0 Å². The molecule has 2 N–H and O–H groups in total. The number of aromatic amines is 1. The highest BCUT2D eigenvalue weighted by Gasteiger charge is 2.05. The van der Waals surface area contributed by atoms with Crippen LogP contribution in [0.1, 0.15) is 32.2 Å². The van der Waals surface area contributed by atoms with Gasteiger partial charge >= 0.3 is 0 Å². The molecule has 1 aromatic carbocycles. The lowest BCUT2D eigenvalue weighted by Crippen LogP contribution is -2.22. The molecule has 0 aliphatic rings. The van der Waals surface area contributed by atoms with Gasteiger partial charge in [0, 0.05) is 6.04 Å². The van der Waals surface area contributed by atoms with Crippen LogP contribution in [0.5, 0.6) is 0 Å². The minimum atomic E-state index is 0.485. The maximum absolute atomic E-state index is 4.64. The van der Waals surface area contributed by atoms with E-state index in [1.807, 2.05) is 0 Å². The SMILES string of the molecule is CCc1cccc2[nH]c(CNC(C)C)nc12. The van der Waals surface area contributed by atoms with Crippen molar-refractivity contribution >= 4 is 11.0 Å². The predicted octanol–water partition coefficient (Wildman–Crippen LogP) is 2.62. The van der Waals surface area contributed by atoms with Crippen LogP contribution in [-0.2, 0) is 13.0 Å². The van der Waals surface area contributed by atoms with Crippen LogP contribution in [0.2, 0.25) is 0 Å². The minimum Gasteiger partial charge on any atom is -0.341 e. The summed E-state index contributed by atoms with van der Waals surface area (Å²) >= 11 is 0. The Morgan fingerprint density at radius 3 is 2.88 bits per heavy atom. The normalized spacial score (nSPS) is 11.5. The number of hydrogen-bond donors (Lipinski definition) is 2. The highest BCUT2D eigenvalue weighted by molar-refractivity contribution is 5.78. The zero-order chi connectivity index (χ0) is 11.5. The summed E-state index contributed by atoms with van der Waals surface area (Å²) in [5.74, 6) is 1.02. The van der Waals surface area contributed by atoms with Crippen LogP contribution < -0.4 is 5.32 Å². The van der Waals surface area contributed by atoms with Crippen molar-refractivity contribution in [2.75, 3.05) is 0 Å². The van der Waals surface area contributed by atoms with Crippen molar-refractivity contribution in [3.8, 4) is 0 Å². The number of para-hydroxylation sites is 1. The van der Waals surface area contributed by atoms with Crippen molar-refractivity contribution < 1.29 is 0 Å². The first kappa shape index (κ1) is 11.1. The Kier molecular flexibility index (Phi) is 3.25. The number of fused-ring (bicyclic) bond motifs is 1. The van der Waals surface area contributed by atoms with Crippen molar-refractivity contribution in [1.29, 1.82) is 0 Å². The third kappa shape index (κ3) is 2.25. The number of aryl methyl sites for hydroxylation is 1. The Hall–Kier alpha value is -1.35. The molecule has 0 aliphatic heterocycles. The van der Waals surface area contributed by atoms with E-state index in [2.05, 4.69) is 54.3 Å². The Labute approximate surface area is 96.3 Å². The first-order valence-electron chi connectivity index (χ1n) is 5.90. The van der Waals surface area contributed by atoms with E-state index in [4.69, 9.17) is 0 Å². The number of hydrogen-bond acceptors (Lipinski definition) is 2. The van der Waals surface area contributed by atoms with E-state index in [-0.39, 0.29) is 0 Å². The molecule has 0 fully saturated rings. The molecule has 3 heteroatoms. The van der Waals surface area contributed by atoms with Crippen LogP contribution >= 0.6 is 0 Å². The van der Waals surface area contributed by atoms with Crippen molar-refractivity contribution in [1.82, 2.24) is 15.3 Å². The van der Waals surface area contributed by atoms with Crippen LogP contribution in [0.15, 0.2) is 18.2 Å². The second kappa shape index (κ2) is 4.66. The van der Waals surface area contributed by atoms with Gasteiger partial charge in [0.15, 0.2) is 0 Å². The van der Waals surface area contributed by atoms with Gasteiger partial charge in [0.2, 0.25) is 0 Å². The summed E-state index contributed by atoms with van der Waals surface area (Å²) in [6.07, 6.45) is 1.03. The van der Waals surface area contributed by atoms with Gasteiger partial charge in [-0.15, -0.1) is 0 Å². The second-order valence-electron chi connectivity index (χ2n) is 4.39. The van der Waals surface area contributed by atoms with E-state index in [9.17, 15) is 0 Å². The van der Waals surface area contributed by atoms with Crippen LogP contribution in [0.4, 0.5) is 0 Å². The summed E-state index contributed by atoms with van der Waals surface area (Å²) in [5.41, 5.74) is 3.56. The average Bonchev–Trinajstić information content (AvgIpc) is 2.68. The Morgan fingerprint density at radius 1 is 1.38 bits per heavy atom. The average molecular weight is 217 g/mol. The number of H-pyrrole nitrogens is 1. The topological polar surface area (TPSA) is 40.7 Å². The number of rotatable bonds is 4. The molecule has 3 nitrogen and oxygen atoms in total. The second-order valence-corrected chi connectivity index (χ2v) is 4.39. The number of nitrogens with one attached hydrogen (secondary N) is 2. The third-order valence-electron chi connectivity index (χ3n) is 2.70. The van der Waals surface area contributed by atoms with Crippen LogP contribution in [0, 0.1) is 0 Å². The maximum Gasteiger partial charge on any atom is 0.121 e. The lowest BCUT2D eigenvalue weighted by Gasteiger charge is -2.04. The van der Waals surface area contributed by atoms with Crippen molar-refractivity contribution in [3.63, 3.8) is 0 Å². The van der Waals surface area contributed by atoms with Gasteiger partial charge in [-0.3, -0.25) is 0 Å². The molecule has 2 aromatic rings. The first-order valence-corrected chi connectivity index (χ1v) is 5.90. The third-order valence-corrected chi connectivity index (χ3v) is 2.70. The van der Waals surface area contributed by atoms with Crippen LogP contribution in [-0.4, -0.2) is 16.0 Å². The molecule has 0 spiro atoms. The van der Waals surface area contributed by atoms with Crippen molar-refractivity contribution in [3.05, 3.63) is 29.6 Å². The molecule has 86 valence electrons. The molecule has 0 atom stereocenters. The lowest BCUT2D eigenvalue weighted by atomic mass is 10.1. The molecule has 16 heavy (non-hydrogen) atoms. The first-order chi connectivity index (χ1) is 7.70. The van der Waals surface area contributed by atoms with Gasteiger partial charge in [-0.25, -0.2) is 4.98 Å². The molecule has 0 aliphatic carbocycles. The highest BCUT2D eigenvalue weighted by atomic mass is 15.0. The molecule has 2 rings (SSSR count). The van der Waals surface area contributed by atoms with Gasteiger partial charge < -0.3 is 10.3 Å². The van der Waals surface area contributed by atoms with E-state index in [0.717, 1.165) is 29.8 Å². The fourth-order valence-corrected chi connectivity index (χ4v) is 1.81. The summed E-state index contributed by atoms with van der Waals surface area (Å²) in [4.78, 5) is 7.99. The van der Waals surface area contributed by atoms with Crippen molar-refractivity contribution in [2.45, 2.75) is 39.8 Å². The van der Waals surface area contributed by atoms with Gasteiger partial charge in [0.25, 0.3) is 0 Å². The lowest BCUT2D eigenvalue weighted by molar-refractivity contribution is 0.576. The summed E-state index contributed by atoms with van der Waals surface area (Å²) in [5, 5.41) is 3.37. The van der Waals surface area contributed by atoms with Gasteiger partial charge in [0.05, 0.1) is 17.6 Å². The number of aromatic nitrogens is 2. The van der Waals surface area contributed by atoms with Gasteiger partial charge in [-0.2, -0.15) is 0 Å². The van der Waals surface area contributed by atoms with Crippen LogP contribution in [0.25, 0.3) is 11.0 Å². The Morgan fingerprint density at radius 2 is 2.19 bits per heavy atom. The zero-order valence-corrected chi connectivity index (χ0v) is 10.2. The summed E-state index contributed by atoms with van der Waals surface area (Å²) < 4.78 is 0. The fourth-order valence-electron chi connectivity index (χ4n) is 1.81. The fraction of sp³-hybridized carbons (Fsp3) is 0.462. The molecule has 0 radical (unpaired) electrons. The van der Waals surface area contributed by atoms with Crippen LogP contribution in [0.3, 0.4) is 0 Å². The number of imidazole rings is 1. The quantitative estimate of drug-likeness (QED) is 0.826. The largest absolute Gasteiger partial charge is 0.341 e. The Bertz CT molecular complexity index is 471. The smallest absolute Gasteiger partial charge is 0.121 e. The zero-order valence-electron chi connectivity index (χ0n) is 10.2.